The van der Waals surface area contributed by atoms with Crippen molar-refractivity contribution < 1.29 is 18.3 Å². The molecule has 1 amide bonds. The summed E-state index contributed by atoms with van der Waals surface area (Å²) in [5.74, 6) is -1.81. The normalized spacial score (nSPS) is 33.6. The Hall–Kier alpha value is -1.54. The number of carbonyl (C=O) groups is 1. The van der Waals surface area contributed by atoms with Crippen molar-refractivity contribution in [1.29, 1.82) is 0 Å². The number of halogens is 3. The van der Waals surface area contributed by atoms with Gasteiger partial charge >= 0.3 is 0 Å². The van der Waals surface area contributed by atoms with E-state index >= 15 is 0 Å². The first-order valence-electron chi connectivity index (χ1n) is 10.4. The fraction of sp³-hybridized carbons (Fsp3) is 0.750. The van der Waals surface area contributed by atoms with Crippen LogP contribution in [0.2, 0.25) is 5.15 Å². The van der Waals surface area contributed by atoms with Crippen molar-refractivity contribution in [3.8, 4) is 0 Å². The Balaban J connectivity index is 1.20. The highest BCUT2D eigenvalue weighted by Crippen LogP contribution is 2.57. The smallest absolute Gasteiger partial charge is 0.256 e. The molecule has 4 fully saturated rings. The van der Waals surface area contributed by atoms with Crippen LogP contribution in [0.25, 0.3) is 0 Å². The molecule has 2 saturated carbocycles. The summed E-state index contributed by atoms with van der Waals surface area (Å²) >= 11 is 5.89. The SMILES string of the molecule is O=C(C1CCOCC1)N1C[C@H]2CC(Nc3nnc(Cl)cc3C3CC3(F)F)C[C@H]2C1. The van der Waals surface area contributed by atoms with Crippen LogP contribution in [0.4, 0.5) is 14.6 Å². The van der Waals surface area contributed by atoms with Gasteiger partial charge in [-0.05, 0) is 43.6 Å². The quantitative estimate of drug-likeness (QED) is 0.799. The molecule has 9 heteroatoms. The second-order valence-electron chi connectivity index (χ2n) is 8.95. The highest BCUT2D eigenvalue weighted by molar-refractivity contribution is 6.29. The van der Waals surface area contributed by atoms with Gasteiger partial charge in [-0.3, -0.25) is 4.79 Å². The molecule has 2 saturated heterocycles. The largest absolute Gasteiger partial charge is 0.381 e. The zero-order valence-electron chi connectivity index (χ0n) is 16.1. The summed E-state index contributed by atoms with van der Waals surface area (Å²) in [6.07, 6.45) is 3.29. The molecule has 0 aromatic carbocycles. The van der Waals surface area contributed by atoms with Crippen LogP contribution in [0.15, 0.2) is 6.07 Å². The average Bonchev–Trinajstić information content (AvgIpc) is 3.00. The molecule has 1 aromatic heterocycles. The molecular weight excluding hydrogens is 402 g/mol. The topological polar surface area (TPSA) is 67.3 Å². The summed E-state index contributed by atoms with van der Waals surface area (Å²) in [7, 11) is 0. The molecule has 2 aliphatic heterocycles. The molecule has 6 nitrogen and oxygen atoms in total. The Bertz CT molecular complexity index is 791. The number of amides is 1. The third-order valence-electron chi connectivity index (χ3n) is 6.97. The Labute approximate surface area is 173 Å². The van der Waals surface area contributed by atoms with Crippen LogP contribution in [0.5, 0.6) is 0 Å². The third kappa shape index (κ3) is 3.81. The number of hydrogen-bond donors (Lipinski definition) is 1. The molecule has 5 rings (SSSR count). The number of carbonyl (C=O) groups excluding carboxylic acids is 1. The molecule has 0 radical (unpaired) electrons. The van der Waals surface area contributed by atoms with Gasteiger partial charge in [-0.1, -0.05) is 11.6 Å². The first-order chi connectivity index (χ1) is 13.9. The van der Waals surface area contributed by atoms with Gasteiger partial charge in [0.1, 0.15) is 0 Å². The molecule has 2 aliphatic carbocycles. The van der Waals surface area contributed by atoms with E-state index < -0.39 is 11.8 Å². The minimum atomic E-state index is -2.68. The van der Waals surface area contributed by atoms with Crippen LogP contribution in [0.1, 0.15) is 43.6 Å². The summed E-state index contributed by atoms with van der Waals surface area (Å²) in [5.41, 5.74) is 0.461. The summed E-state index contributed by atoms with van der Waals surface area (Å²) in [5, 5.41) is 11.4. The number of rotatable bonds is 4. The van der Waals surface area contributed by atoms with Crippen molar-refractivity contribution in [2.75, 3.05) is 31.6 Å². The van der Waals surface area contributed by atoms with E-state index in [2.05, 4.69) is 15.5 Å². The van der Waals surface area contributed by atoms with Crippen molar-refractivity contribution in [2.45, 2.75) is 50.0 Å². The van der Waals surface area contributed by atoms with E-state index in [-0.39, 0.29) is 29.4 Å². The maximum absolute atomic E-state index is 13.6. The molecule has 0 spiro atoms. The second-order valence-corrected chi connectivity index (χ2v) is 9.34. The number of fused-ring (bicyclic) bond motifs is 1. The van der Waals surface area contributed by atoms with E-state index in [9.17, 15) is 13.6 Å². The highest BCUT2D eigenvalue weighted by atomic mass is 35.5. The predicted octanol–water partition coefficient (Wildman–Crippen LogP) is 3.33. The van der Waals surface area contributed by atoms with Gasteiger partial charge in [-0.15, -0.1) is 10.2 Å². The van der Waals surface area contributed by atoms with E-state index in [1.54, 1.807) is 0 Å². The predicted molar refractivity (Wildman–Crippen MR) is 103 cm³/mol. The summed E-state index contributed by atoms with van der Waals surface area (Å²) in [4.78, 5) is 14.8. The molecule has 29 heavy (non-hydrogen) atoms. The van der Waals surface area contributed by atoms with Gasteiger partial charge in [0.15, 0.2) is 11.0 Å². The number of aromatic nitrogens is 2. The molecule has 4 aliphatic rings. The molecular formula is C20H25ClF2N4O2. The third-order valence-corrected chi connectivity index (χ3v) is 7.15. The van der Waals surface area contributed by atoms with Gasteiger partial charge in [0.2, 0.25) is 5.91 Å². The zero-order chi connectivity index (χ0) is 20.2. The molecule has 4 atom stereocenters. The number of nitrogens with one attached hydrogen (secondary N) is 1. The molecule has 0 bridgehead atoms. The van der Waals surface area contributed by atoms with Gasteiger partial charge in [0.05, 0.1) is 5.92 Å². The van der Waals surface area contributed by atoms with Crippen LogP contribution in [0.3, 0.4) is 0 Å². The molecule has 1 aromatic rings. The first-order valence-corrected chi connectivity index (χ1v) is 10.8. The van der Waals surface area contributed by atoms with E-state index in [1.165, 1.54) is 6.07 Å². The number of ether oxygens (including phenoxy) is 1. The number of nitrogens with zero attached hydrogens (tertiary/aromatic N) is 3. The van der Waals surface area contributed by atoms with Crippen LogP contribution in [-0.4, -0.2) is 59.3 Å². The maximum Gasteiger partial charge on any atom is 0.256 e. The number of alkyl halides is 2. The summed E-state index contributed by atoms with van der Waals surface area (Å²) in [6.45, 7) is 2.93. The minimum absolute atomic E-state index is 0.101. The lowest BCUT2D eigenvalue weighted by atomic mass is 9.98. The summed E-state index contributed by atoms with van der Waals surface area (Å²) in [6, 6.07) is 1.67. The average molecular weight is 427 g/mol. The van der Waals surface area contributed by atoms with Gasteiger partial charge < -0.3 is 15.0 Å². The summed E-state index contributed by atoms with van der Waals surface area (Å²) < 4.78 is 32.6. The van der Waals surface area contributed by atoms with Crippen molar-refractivity contribution in [1.82, 2.24) is 15.1 Å². The lowest BCUT2D eigenvalue weighted by Gasteiger charge is -2.27. The Morgan fingerprint density at radius 1 is 1.21 bits per heavy atom. The van der Waals surface area contributed by atoms with Gasteiger partial charge in [0.25, 0.3) is 5.92 Å². The Morgan fingerprint density at radius 2 is 1.86 bits per heavy atom. The van der Waals surface area contributed by atoms with E-state index in [0.29, 0.717) is 36.4 Å². The number of anilines is 1. The second kappa shape index (κ2) is 7.30. The van der Waals surface area contributed by atoms with Crippen molar-refractivity contribution in [2.24, 2.45) is 17.8 Å². The van der Waals surface area contributed by atoms with Crippen LogP contribution < -0.4 is 5.32 Å². The van der Waals surface area contributed by atoms with E-state index in [1.807, 2.05) is 4.90 Å². The first kappa shape index (κ1) is 19.4. The minimum Gasteiger partial charge on any atom is -0.381 e. The Morgan fingerprint density at radius 3 is 2.48 bits per heavy atom. The maximum atomic E-state index is 13.6. The standard InChI is InChI=1S/C20H25ClF2N4O2/c21-17-7-15(16-8-20(16,22)23)18(26-25-17)24-14-5-12-9-27(10-13(12)6-14)19(28)11-1-3-29-4-2-11/h7,11-14,16H,1-6,8-10H2,(H,24,26)/t12-,13+,14?,16?. The van der Waals surface area contributed by atoms with Crippen LogP contribution >= 0.6 is 11.6 Å². The van der Waals surface area contributed by atoms with Gasteiger partial charge in [0, 0.05) is 50.2 Å². The van der Waals surface area contributed by atoms with E-state index in [0.717, 1.165) is 38.8 Å². The van der Waals surface area contributed by atoms with Crippen molar-refractivity contribution in [3.05, 3.63) is 16.8 Å². The molecule has 158 valence electrons. The van der Waals surface area contributed by atoms with Crippen molar-refractivity contribution in [3.63, 3.8) is 0 Å². The van der Waals surface area contributed by atoms with Crippen LogP contribution in [0, 0.1) is 17.8 Å². The van der Waals surface area contributed by atoms with E-state index in [4.69, 9.17) is 16.3 Å². The highest BCUT2D eigenvalue weighted by Gasteiger charge is 2.59. The van der Waals surface area contributed by atoms with Gasteiger partial charge in [-0.2, -0.15) is 0 Å². The lowest BCUT2D eigenvalue weighted by molar-refractivity contribution is -0.137. The lowest BCUT2D eigenvalue weighted by Crippen LogP contribution is -2.38. The molecule has 3 heterocycles. The van der Waals surface area contributed by atoms with Gasteiger partial charge in [-0.25, -0.2) is 8.78 Å². The number of hydrogen-bond acceptors (Lipinski definition) is 5. The van der Waals surface area contributed by atoms with Crippen molar-refractivity contribution >= 4 is 23.3 Å². The van der Waals surface area contributed by atoms with Crippen LogP contribution in [-0.2, 0) is 9.53 Å². The zero-order valence-corrected chi connectivity index (χ0v) is 16.9. The Kier molecular flexibility index (Phi) is 4.89. The molecule has 2 unspecified atom stereocenters. The molecule has 1 N–H and O–H groups in total. The number of likely N-dealkylation sites (tertiary alicyclic amines) is 1. The monoisotopic (exact) mass is 426 g/mol. The fourth-order valence-corrected chi connectivity index (χ4v) is 5.46. The fourth-order valence-electron chi connectivity index (χ4n) is 5.30.